The molecule has 7 rings (SSSR count). The Bertz CT molecular complexity index is 1610. The normalized spacial score (nSPS) is 14.5. The van der Waals surface area contributed by atoms with Gasteiger partial charge >= 0.3 is 0 Å². The topological polar surface area (TPSA) is 69.5 Å². The molecule has 0 fully saturated rings. The number of benzene rings is 3. The Balaban J connectivity index is 1.36. The Morgan fingerprint density at radius 2 is 1.59 bits per heavy atom. The number of rotatable bonds is 2. The Hall–Kier alpha value is -4.39. The van der Waals surface area contributed by atoms with E-state index in [1.54, 1.807) is 4.90 Å². The molecule has 0 bridgehead atoms. The van der Waals surface area contributed by atoms with Gasteiger partial charge in [0.2, 0.25) is 5.95 Å². The second-order valence-corrected chi connectivity index (χ2v) is 8.44. The lowest BCUT2D eigenvalue weighted by atomic mass is 10.0. The van der Waals surface area contributed by atoms with Gasteiger partial charge in [0.25, 0.3) is 5.91 Å². The van der Waals surface area contributed by atoms with Crippen LogP contribution in [-0.2, 0) is 6.54 Å². The summed E-state index contributed by atoms with van der Waals surface area (Å²) < 4.78 is 13.5. The predicted molar refractivity (Wildman–Crippen MR) is 130 cm³/mol. The van der Waals surface area contributed by atoms with Crippen LogP contribution in [0, 0.1) is 0 Å². The number of pyridine rings is 1. The van der Waals surface area contributed by atoms with Gasteiger partial charge in [-0.15, -0.1) is 0 Å². The predicted octanol–water partition coefficient (Wildman–Crippen LogP) is 4.68. The molecule has 4 heterocycles. The van der Waals surface area contributed by atoms with Gasteiger partial charge in [0, 0.05) is 24.0 Å². The molecule has 2 aliphatic rings. The fraction of sp³-hybridized carbons (Fsp3) is 0.148. The van der Waals surface area contributed by atoms with Gasteiger partial charge in [0.05, 0.1) is 27.8 Å². The van der Waals surface area contributed by atoms with E-state index < -0.39 is 0 Å². The van der Waals surface area contributed by atoms with Crippen LogP contribution in [0.3, 0.4) is 0 Å². The first-order chi connectivity index (χ1) is 16.8. The molecule has 2 aromatic heterocycles. The van der Waals surface area contributed by atoms with Crippen LogP contribution in [0.4, 0.5) is 5.95 Å². The van der Waals surface area contributed by atoms with Crippen molar-refractivity contribution in [2.75, 3.05) is 24.7 Å². The van der Waals surface area contributed by atoms with E-state index >= 15 is 0 Å². The van der Waals surface area contributed by atoms with Gasteiger partial charge in [0.15, 0.2) is 11.5 Å². The van der Waals surface area contributed by atoms with Gasteiger partial charge in [0.1, 0.15) is 13.2 Å². The summed E-state index contributed by atoms with van der Waals surface area (Å²) in [6.07, 6.45) is 0. The van der Waals surface area contributed by atoms with Gasteiger partial charge in [-0.3, -0.25) is 9.69 Å². The van der Waals surface area contributed by atoms with Crippen molar-refractivity contribution in [3.63, 3.8) is 0 Å². The molecule has 166 valence electrons. The summed E-state index contributed by atoms with van der Waals surface area (Å²) in [5.41, 5.74) is 4.90. The third-order valence-electron chi connectivity index (χ3n) is 6.45. The smallest absolute Gasteiger partial charge is 0.261 e. The van der Waals surface area contributed by atoms with Crippen LogP contribution < -0.4 is 14.4 Å². The van der Waals surface area contributed by atoms with E-state index in [2.05, 4.69) is 4.57 Å². The summed E-state index contributed by atoms with van der Waals surface area (Å²) in [6.45, 7) is 2.36. The summed E-state index contributed by atoms with van der Waals surface area (Å²) in [7, 11) is 0. The summed E-state index contributed by atoms with van der Waals surface area (Å²) >= 11 is 0. The molecule has 0 N–H and O–H groups in total. The van der Waals surface area contributed by atoms with Crippen LogP contribution in [0.15, 0.2) is 72.8 Å². The van der Waals surface area contributed by atoms with Gasteiger partial charge in [-0.25, -0.2) is 9.97 Å². The maximum Gasteiger partial charge on any atom is 0.261 e. The monoisotopic (exact) mass is 448 g/mol. The average Bonchev–Trinajstić information content (AvgIpc) is 3.47. The lowest BCUT2D eigenvalue weighted by Crippen LogP contribution is -2.29. The second-order valence-electron chi connectivity index (χ2n) is 8.44. The number of aromatic nitrogens is 3. The lowest BCUT2D eigenvalue weighted by Gasteiger charge is -2.19. The average molecular weight is 448 g/mol. The molecule has 0 atom stereocenters. The largest absolute Gasteiger partial charge is 0.486 e. The summed E-state index contributed by atoms with van der Waals surface area (Å²) in [5.74, 6) is 2.03. The number of imidazole rings is 1. The standard InChI is InChI=1S/C27H20N4O3/c32-26(31-12-11-30-23-8-4-3-7-21(23)29-27(30)31)19-16-22(28-20-6-2-1-5-18(19)20)17-9-10-24-25(15-17)34-14-13-33-24/h1-10,15-16H,11-14H2. The van der Waals surface area contributed by atoms with Crippen LogP contribution >= 0.6 is 0 Å². The van der Waals surface area contributed by atoms with E-state index in [9.17, 15) is 4.79 Å². The van der Waals surface area contributed by atoms with Gasteiger partial charge in [-0.1, -0.05) is 30.3 Å². The van der Waals surface area contributed by atoms with Crippen LogP contribution in [0.2, 0.25) is 0 Å². The van der Waals surface area contributed by atoms with Crippen LogP contribution in [0.1, 0.15) is 10.4 Å². The summed E-state index contributed by atoms with van der Waals surface area (Å²) in [5, 5.41) is 0.823. The van der Waals surface area contributed by atoms with E-state index in [1.165, 1.54) is 0 Å². The molecular weight excluding hydrogens is 428 g/mol. The highest BCUT2D eigenvalue weighted by molar-refractivity contribution is 6.14. The van der Waals surface area contributed by atoms with E-state index in [-0.39, 0.29) is 5.91 Å². The fourth-order valence-corrected chi connectivity index (χ4v) is 4.83. The number of carbonyl (C=O) groups excluding carboxylic acids is 1. The van der Waals surface area contributed by atoms with Gasteiger partial charge in [-0.05, 0) is 42.5 Å². The second kappa shape index (κ2) is 7.31. The number of amides is 1. The zero-order chi connectivity index (χ0) is 22.6. The Morgan fingerprint density at radius 3 is 2.50 bits per heavy atom. The minimum absolute atomic E-state index is 0.0774. The van der Waals surface area contributed by atoms with E-state index in [0.29, 0.717) is 42.7 Å². The van der Waals surface area contributed by atoms with Crippen molar-refractivity contribution in [2.24, 2.45) is 0 Å². The van der Waals surface area contributed by atoms with Crippen molar-refractivity contribution >= 4 is 33.8 Å². The number of ether oxygens (including phenoxy) is 2. The van der Waals surface area contributed by atoms with Crippen molar-refractivity contribution in [1.82, 2.24) is 14.5 Å². The van der Waals surface area contributed by atoms with Crippen LogP contribution in [-0.4, -0.2) is 40.2 Å². The molecule has 0 radical (unpaired) electrons. The van der Waals surface area contributed by atoms with E-state index in [4.69, 9.17) is 19.4 Å². The molecule has 1 amide bonds. The van der Waals surface area contributed by atoms with Crippen LogP contribution in [0.5, 0.6) is 11.5 Å². The zero-order valence-electron chi connectivity index (χ0n) is 18.3. The zero-order valence-corrected chi connectivity index (χ0v) is 18.3. The van der Waals surface area contributed by atoms with Crippen molar-refractivity contribution in [1.29, 1.82) is 0 Å². The number of anilines is 1. The van der Waals surface area contributed by atoms with Crippen molar-refractivity contribution in [3.8, 4) is 22.8 Å². The van der Waals surface area contributed by atoms with Crippen molar-refractivity contribution < 1.29 is 14.3 Å². The molecule has 34 heavy (non-hydrogen) atoms. The number of para-hydroxylation sites is 3. The molecular formula is C27H20N4O3. The number of fused-ring (bicyclic) bond motifs is 5. The molecule has 7 nitrogen and oxygen atoms in total. The number of hydrogen-bond donors (Lipinski definition) is 0. The quantitative estimate of drug-likeness (QED) is 0.392. The van der Waals surface area contributed by atoms with E-state index in [0.717, 1.165) is 39.8 Å². The summed E-state index contributed by atoms with van der Waals surface area (Å²) in [6, 6.07) is 23.4. The minimum Gasteiger partial charge on any atom is -0.486 e. The molecule has 0 aliphatic carbocycles. The molecule has 0 saturated heterocycles. The van der Waals surface area contributed by atoms with Crippen molar-refractivity contribution in [3.05, 3.63) is 78.4 Å². The number of nitrogens with zero attached hydrogens (tertiary/aromatic N) is 4. The lowest BCUT2D eigenvalue weighted by molar-refractivity contribution is 0.0990. The first-order valence-corrected chi connectivity index (χ1v) is 11.3. The molecule has 5 aromatic rings. The Labute approximate surface area is 195 Å². The maximum absolute atomic E-state index is 13.9. The third kappa shape index (κ3) is 2.86. The highest BCUT2D eigenvalue weighted by Crippen LogP contribution is 2.36. The third-order valence-corrected chi connectivity index (χ3v) is 6.45. The summed E-state index contributed by atoms with van der Waals surface area (Å²) in [4.78, 5) is 25.3. The SMILES string of the molecule is O=C(c1cc(-c2ccc3c(c2)OCCO3)nc2ccccc12)N1CCn2c1nc1ccccc12. The molecule has 3 aromatic carbocycles. The first kappa shape index (κ1) is 19.1. The Morgan fingerprint density at radius 1 is 0.794 bits per heavy atom. The molecule has 7 heteroatoms. The number of carbonyl (C=O) groups is 1. The van der Waals surface area contributed by atoms with Crippen LogP contribution in [0.25, 0.3) is 33.2 Å². The molecule has 0 spiro atoms. The Kier molecular flexibility index (Phi) is 4.11. The molecule has 2 aliphatic heterocycles. The van der Waals surface area contributed by atoms with Crippen molar-refractivity contribution in [2.45, 2.75) is 6.54 Å². The number of hydrogen-bond acceptors (Lipinski definition) is 5. The first-order valence-electron chi connectivity index (χ1n) is 11.3. The maximum atomic E-state index is 13.9. The fourth-order valence-electron chi connectivity index (χ4n) is 4.83. The molecule has 0 saturated carbocycles. The van der Waals surface area contributed by atoms with E-state index in [1.807, 2.05) is 72.8 Å². The molecule has 0 unspecified atom stereocenters. The van der Waals surface area contributed by atoms with Gasteiger partial charge in [-0.2, -0.15) is 0 Å². The minimum atomic E-state index is -0.0774. The van der Waals surface area contributed by atoms with Gasteiger partial charge < -0.3 is 14.0 Å². The highest BCUT2D eigenvalue weighted by atomic mass is 16.6. The highest BCUT2D eigenvalue weighted by Gasteiger charge is 2.30.